The summed E-state index contributed by atoms with van der Waals surface area (Å²) >= 11 is 0. The molecule has 2 N–H and O–H groups in total. The van der Waals surface area contributed by atoms with Gasteiger partial charge in [0.15, 0.2) is 0 Å². The number of aromatic nitrogens is 2. The van der Waals surface area contributed by atoms with Crippen LogP contribution >= 0.6 is 0 Å². The Balaban J connectivity index is 1.51. The molecule has 0 bridgehead atoms. The first-order valence-corrected chi connectivity index (χ1v) is 11.2. The second-order valence-corrected chi connectivity index (χ2v) is 8.86. The highest BCUT2D eigenvalue weighted by molar-refractivity contribution is 7.92. The number of nitrogens with one attached hydrogen (secondary N) is 2. The second-order valence-electron chi connectivity index (χ2n) is 7.18. The van der Waals surface area contributed by atoms with Gasteiger partial charge in [0.1, 0.15) is 0 Å². The molecule has 162 valence electrons. The molecule has 1 aromatic heterocycles. The maximum absolute atomic E-state index is 12.5. The lowest BCUT2D eigenvalue weighted by molar-refractivity contribution is -0.114. The van der Waals surface area contributed by atoms with Crippen LogP contribution in [0, 0.1) is 6.92 Å². The predicted molar refractivity (Wildman–Crippen MR) is 121 cm³/mol. The zero-order valence-electron chi connectivity index (χ0n) is 17.4. The lowest BCUT2D eigenvalue weighted by Gasteiger charge is -2.08. The molecule has 1 amide bonds. The van der Waals surface area contributed by atoms with Crippen LogP contribution in [-0.2, 0) is 14.8 Å². The lowest BCUT2D eigenvalue weighted by Crippen LogP contribution is -2.12. The molecule has 0 aliphatic heterocycles. The molecule has 8 nitrogen and oxygen atoms in total. The van der Waals surface area contributed by atoms with Gasteiger partial charge in [-0.05, 0) is 61.5 Å². The zero-order chi connectivity index (χ0) is 22.7. The number of amides is 1. The van der Waals surface area contributed by atoms with Crippen molar-refractivity contribution in [2.24, 2.45) is 0 Å². The van der Waals surface area contributed by atoms with Crippen LogP contribution in [0.15, 0.2) is 82.2 Å². The van der Waals surface area contributed by atoms with Crippen molar-refractivity contribution in [3.05, 3.63) is 78.4 Å². The van der Waals surface area contributed by atoms with Crippen molar-refractivity contribution in [1.82, 2.24) is 10.1 Å². The first-order valence-electron chi connectivity index (χ1n) is 9.72. The van der Waals surface area contributed by atoms with Crippen LogP contribution in [0.4, 0.5) is 11.4 Å². The maximum atomic E-state index is 12.5. The largest absolute Gasteiger partial charge is 0.334 e. The molecule has 0 saturated carbocycles. The number of benzene rings is 3. The first-order chi connectivity index (χ1) is 15.3. The van der Waals surface area contributed by atoms with E-state index in [2.05, 4.69) is 20.2 Å². The van der Waals surface area contributed by atoms with Gasteiger partial charge in [0.05, 0.1) is 4.90 Å². The Bertz CT molecular complexity index is 1360. The first kappa shape index (κ1) is 21.3. The van der Waals surface area contributed by atoms with Gasteiger partial charge in [-0.2, -0.15) is 4.98 Å². The quantitative estimate of drug-likeness (QED) is 0.450. The van der Waals surface area contributed by atoms with Crippen molar-refractivity contribution in [2.75, 3.05) is 10.0 Å². The molecule has 9 heteroatoms. The van der Waals surface area contributed by atoms with E-state index in [0.29, 0.717) is 34.2 Å². The monoisotopic (exact) mass is 448 g/mol. The standard InChI is InChI=1S/C23H20N4O4S/c1-15-6-12-21(13-7-15)32(29,30)27-19-10-8-17(9-11-19)22-25-23(31-26-22)18-4-3-5-20(14-18)24-16(2)28/h3-14,27H,1-2H3,(H,24,28). The van der Waals surface area contributed by atoms with Gasteiger partial charge in [0.25, 0.3) is 15.9 Å². The summed E-state index contributed by atoms with van der Waals surface area (Å²) in [5.74, 6) is 0.487. The fourth-order valence-corrected chi connectivity index (χ4v) is 4.07. The van der Waals surface area contributed by atoms with Crippen LogP contribution in [0.3, 0.4) is 0 Å². The van der Waals surface area contributed by atoms with Gasteiger partial charge in [-0.25, -0.2) is 8.42 Å². The molecule has 3 aromatic carbocycles. The topological polar surface area (TPSA) is 114 Å². The summed E-state index contributed by atoms with van der Waals surface area (Å²) in [7, 11) is -3.68. The van der Waals surface area contributed by atoms with Crippen molar-refractivity contribution < 1.29 is 17.7 Å². The number of hydrogen-bond donors (Lipinski definition) is 2. The number of nitrogens with zero attached hydrogens (tertiary/aromatic N) is 2. The minimum absolute atomic E-state index is 0.175. The number of anilines is 2. The van der Waals surface area contributed by atoms with Gasteiger partial charge in [0.2, 0.25) is 11.7 Å². The maximum Gasteiger partial charge on any atom is 0.261 e. The van der Waals surface area contributed by atoms with Crippen molar-refractivity contribution in [3.8, 4) is 22.8 Å². The highest BCUT2D eigenvalue weighted by Gasteiger charge is 2.15. The summed E-state index contributed by atoms with van der Waals surface area (Å²) in [6.07, 6.45) is 0. The average Bonchev–Trinajstić information content (AvgIpc) is 3.24. The molecule has 0 atom stereocenters. The van der Waals surface area contributed by atoms with E-state index in [1.165, 1.54) is 6.92 Å². The van der Waals surface area contributed by atoms with Gasteiger partial charge < -0.3 is 9.84 Å². The Morgan fingerprint density at radius 1 is 0.906 bits per heavy atom. The van der Waals surface area contributed by atoms with Gasteiger partial charge >= 0.3 is 0 Å². The van der Waals surface area contributed by atoms with E-state index in [1.54, 1.807) is 72.8 Å². The molecule has 0 fully saturated rings. The van der Waals surface area contributed by atoms with Crippen LogP contribution < -0.4 is 10.0 Å². The molecule has 4 aromatic rings. The van der Waals surface area contributed by atoms with Crippen molar-refractivity contribution in [1.29, 1.82) is 0 Å². The second kappa shape index (κ2) is 8.64. The van der Waals surface area contributed by atoms with Crippen LogP contribution in [0.1, 0.15) is 12.5 Å². The molecule has 1 heterocycles. The number of hydrogen-bond acceptors (Lipinski definition) is 6. The molecule has 0 saturated heterocycles. The number of carbonyl (C=O) groups excluding carboxylic acids is 1. The van der Waals surface area contributed by atoms with E-state index in [1.807, 2.05) is 6.92 Å². The summed E-state index contributed by atoms with van der Waals surface area (Å²) in [6.45, 7) is 3.33. The third-order valence-electron chi connectivity index (χ3n) is 4.58. The summed E-state index contributed by atoms with van der Waals surface area (Å²) in [6, 6.07) is 20.4. The van der Waals surface area contributed by atoms with E-state index in [0.717, 1.165) is 5.56 Å². The molecule has 0 spiro atoms. The van der Waals surface area contributed by atoms with Crippen LogP contribution in [0.5, 0.6) is 0 Å². The van der Waals surface area contributed by atoms with E-state index < -0.39 is 10.0 Å². The van der Waals surface area contributed by atoms with Gasteiger partial charge in [-0.3, -0.25) is 9.52 Å². The Morgan fingerprint density at radius 3 is 2.31 bits per heavy atom. The van der Waals surface area contributed by atoms with Gasteiger partial charge in [-0.1, -0.05) is 28.9 Å². The summed E-state index contributed by atoms with van der Waals surface area (Å²) in [5.41, 5.74) is 3.35. The molecule has 0 aliphatic carbocycles. The summed E-state index contributed by atoms with van der Waals surface area (Å²) in [5, 5.41) is 6.71. The van der Waals surface area contributed by atoms with E-state index in [-0.39, 0.29) is 10.8 Å². The van der Waals surface area contributed by atoms with Crippen LogP contribution in [0.25, 0.3) is 22.8 Å². The number of sulfonamides is 1. The predicted octanol–water partition coefficient (Wildman–Crippen LogP) is 4.47. The lowest BCUT2D eigenvalue weighted by atomic mass is 10.2. The number of aryl methyl sites for hydroxylation is 1. The normalized spacial score (nSPS) is 11.2. The van der Waals surface area contributed by atoms with Crippen molar-refractivity contribution >= 4 is 27.3 Å². The number of carbonyl (C=O) groups is 1. The van der Waals surface area contributed by atoms with Crippen molar-refractivity contribution in [2.45, 2.75) is 18.7 Å². The zero-order valence-corrected chi connectivity index (χ0v) is 18.2. The van der Waals surface area contributed by atoms with Crippen molar-refractivity contribution in [3.63, 3.8) is 0 Å². The molecule has 0 radical (unpaired) electrons. The molecular formula is C23H20N4O4S. The third-order valence-corrected chi connectivity index (χ3v) is 5.98. The van der Waals surface area contributed by atoms with Gasteiger partial charge in [0, 0.05) is 29.4 Å². The van der Waals surface area contributed by atoms with Gasteiger partial charge in [-0.15, -0.1) is 0 Å². The molecule has 0 unspecified atom stereocenters. The minimum atomic E-state index is -3.68. The summed E-state index contributed by atoms with van der Waals surface area (Å²) in [4.78, 5) is 15.8. The fraction of sp³-hybridized carbons (Fsp3) is 0.0870. The number of rotatable bonds is 6. The summed E-state index contributed by atoms with van der Waals surface area (Å²) < 4.78 is 33.0. The van der Waals surface area contributed by atoms with Crippen LogP contribution in [0.2, 0.25) is 0 Å². The molecule has 32 heavy (non-hydrogen) atoms. The Labute approximate surface area is 185 Å². The molecule has 0 aliphatic rings. The Kier molecular flexibility index (Phi) is 5.74. The highest BCUT2D eigenvalue weighted by Crippen LogP contribution is 2.26. The minimum Gasteiger partial charge on any atom is -0.334 e. The Hall–Kier alpha value is -3.98. The fourth-order valence-electron chi connectivity index (χ4n) is 3.01. The third kappa shape index (κ3) is 4.84. The molecular weight excluding hydrogens is 428 g/mol. The highest BCUT2D eigenvalue weighted by atomic mass is 32.2. The Morgan fingerprint density at radius 2 is 1.62 bits per heavy atom. The average molecular weight is 449 g/mol. The molecule has 4 rings (SSSR count). The van der Waals surface area contributed by atoms with E-state index >= 15 is 0 Å². The smallest absolute Gasteiger partial charge is 0.261 e. The van der Waals surface area contributed by atoms with Crippen LogP contribution in [-0.4, -0.2) is 24.5 Å². The SMILES string of the molecule is CC(=O)Nc1cccc(-c2nc(-c3ccc(NS(=O)(=O)c4ccc(C)cc4)cc3)no2)c1. The van der Waals surface area contributed by atoms with E-state index in [4.69, 9.17) is 4.52 Å². The van der Waals surface area contributed by atoms with E-state index in [9.17, 15) is 13.2 Å².